The number of hydrogen-bond acceptors (Lipinski definition) is 4. The van der Waals surface area contributed by atoms with Crippen LogP contribution in [0, 0.1) is 0 Å². The summed E-state index contributed by atoms with van der Waals surface area (Å²) in [5, 5.41) is 2.44. The largest absolute Gasteiger partial charge is 0.590 e. The maximum Gasteiger partial charge on any atom is 0.265 e. The van der Waals surface area contributed by atoms with E-state index in [-0.39, 0.29) is 18.3 Å². The van der Waals surface area contributed by atoms with Gasteiger partial charge in [-0.05, 0) is 35.0 Å². The van der Waals surface area contributed by atoms with Gasteiger partial charge >= 0.3 is 0 Å². The van der Waals surface area contributed by atoms with Gasteiger partial charge in [0.25, 0.3) is 5.91 Å². The molecule has 6 heteroatoms. The molecule has 112 valence electrons. The molecule has 5 rings (SSSR count). The van der Waals surface area contributed by atoms with Gasteiger partial charge in [-0.3, -0.25) is 9.59 Å². The number of nitrogens with zero attached hydrogens (tertiary/aromatic N) is 1. The van der Waals surface area contributed by atoms with Crippen molar-refractivity contribution in [3.05, 3.63) is 52.9 Å². The summed E-state index contributed by atoms with van der Waals surface area (Å²) >= 11 is 0. The summed E-state index contributed by atoms with van der Waals surface area (Å²) in [4.78, 5) is 28.5. The third-order valence-corrected chi connectivity index (χ3v) is 5.79. The number of benzene rings is 1. The fourth-order valence-electron chi connectivity index (χ4n) is 3.48. The van der Waals surface area contributed by atoms with Gasteiger partial charge in [0.1, 0.15) is 23.2 Å². The van der Waals surface area contributed by atoms with Crippen molar-refractivity contribution in [2.24, 2.45) is 4.99 Å². The van der Waals surface area contributed by atoms with E-state index in [2.05, 4.69) is 4.99 Å². The molecule has 1 spiro atoms. The van der Waals surface area contributed by atoms with Crippen LogP contribution < -0.4 is 4.74 Å². The van der Waals surface area contributed by atoms with Crippen LogP contribution in [0.1, 0.15) is 5.56 Å². The molecule has 0 saturated carbocycles. The first-order valence-corrected chi connectivity index (χ1v) is 8.29. The van der Waals surface area contributed by atoms with Crippen LogP contribution in [0.25, 0.3) is 10.1 Å². The van der Waals surface area contributed by atoms with E-state index in [1.165, 1.54) is 12.2 Å². The number of amides is 1. The first-order chi connectivity index (χ1) is 11.1. The Morgan fingerprint density at radius 3 is 3.00 bits per heavy atom. The Labute approximate surface area is 133 Å². The van der Waals surface area contributed by atoms with Crippen LogP contribution in [0.3, 0.4) is 0 Å². The van der Waals surface area contributed by atoms with Crippen LogP contribution in [0.5, 0.6) is 5.75 Å². The lowest BCUT2D eigenvalue weighted by atomic mass is 9.74. The molecule has 0 bridgehead atoms. The van der Waals surface area contributed by atoms with Gasteiger partial charge in [0.15, 0.2) is 10.5 Å². The molecule has 2 unspecified atom stereocenters. The van der Waals surface area contributed by atoms with Gasteiger partial charge in [-0.15, -0.1) is 0 Å². The summed E-state index contributed by atoms with van der Waals surface area (Å²) in [6.45, 7) is 0.111. The van der Waals surface area contributed by atoms with Crippen molar-refractivity contribution < 1.29 is 18.9 Å². The maximum absolute atomic E-state index is 12.7. The summed E-state index contributed by atoms with van der Waals surface area (Å²) in [6, 6.07) is 5.34. The van der Waals surface area contributed by atoms with Crippen molar-refractivity contribution in [1.82, 2.24) is 0 Å². The lowest BCUT2D eigenvalue weighted by Crippen LogP contribution is -2.36. The minimum Gasteiger partial charge on any atom is -0.590 e. The highest BCUT2D eigenvalue weighted by Gasteiger charge is 2.55. The highest BCUT2D eigenvalue weighted by Crippen LogP contribution is 2.50. The first kappa shape index (κ1) is 12.9. The molecular formula is C17H9NO4S. The maximum atomic E-state index is 12.7. The minimum atomic E-state index is -1.22. The number of fused-ring (bicyclic) bond motifs is 5. The van der Waals surface area contributed by atoms with Crippen LogP contribution in [0.2, 0.25) is 0 Å². The van der Waals surface area contributed by atoms with Crippen molar-refractivity contribution in [1.29, 1.82) is 0 Å². The molecule has 0 radical (unpaired) electrons. The third kappa shape index (κ3) is 1.47. The second-order valence-electron chi connectivity index (χ2n) is 5.78. The van der Waals surface area contributed by atoms with Crippen molar-refractivity contribution in [3.8, 4) is 5.75 Å². The molecular weight excluding hydrogens is 314 g/mol. The minimum absolute atomic E-state index is 0.111. The van der Waals surface area contributed by atoms with Gasteiger partial charge in [-0.2, -0.15) is 0 Å². The second kappa shape index (κ2) is 4.04. The van der Waals surface area contributed by atoms with Crippen molar-refractivity contribution in [2.45, 2.75) is 5.41 Å². The van der Waals surface area contributed by atoms with Crippen molar-refractivity contribution in [2.75, 3.05) is 6.61 Å². The number of aliphatic imine (C=N–C) groups is 1. The monoisotopic (exact) mass is 323 g/mol. The molecule has 1 amide bonds. The fourth-order valence-corrected chi connectivity index (χ4v) is 4.49. The number of allylic oxidation sites excluding steroid dienone is 3. The summed E-state index contributed by atoms with van der Waals surface area (Å²) < 4.78 is 18.5. The zero-order valence-corrected chi connectivity index (χ0v) is 12.6. The predicted octanol–water partition coefficient (Wildman–Crippen LogP) is 2.24. The van der Waals surface area contributed by atoms with Crippen LogP contribution in [-0.2, 0) is 15.0 Å². The zero-order valence-electron chi connectivity index (χ0n) is 11.7. The van der Waals surface area contributed by atoms with E-state index in [9.17, 15) is 14.1 Å². The van der Waals surface area contributed by atoms with Crippen LogP contribution in [0.15, 0.2) is 52.4 Å². The Balaban J connectivity index is 1.81. The second-order valence-corrected chi connectivity index (χ2v) is 7.08. The summed E-state index contributed by atoms with van der Waals surface area (Å²) in [6.07, 6.45) is 4.41. The fraction of sp³-hybridized carbons (Fsp3) is 0.118. The Kier molecular flexibility index (Phi) is 2.27. The van der Waals surface area contributed by atoms with E-state index in [1.54, 1.807) is 29.7 Å². The van der Waals surface area contributed by atoms with Crippen LogP contribution in [-0.4, -0.2) is 28.6 Å². The van der Waals surface area contributed by atoms with Crippen molar-refractivity contribution >= 4 is 38.2 Å². The number of carbonyl (C=O) groups is 2. The van der Waals surface area contributed by atoms with Gasteiger partial charge in [-0.1, -0.05) is 0 Å². The third-order valence-electron chi connectivity index (χ3n) is 4.62. The molecule has 2 aliphatic heterocycles. The summed E-state index contributed by atoms with van der Waals surface area (Å²) in [7, 11) is -1.22. The molecule has 3 aliphatic rings. The molecule has 0 fully saturated rings. The zero-order chi connectivity index (χ0) is 15.8. The van der Waals surface area contributed by atoms with Crippen LogP contribution >= 0.6 is 10.8 Å². The Morgan fingerprint density at radius 2 is 2.13 bits per heavy atom. The Bertz CT molecular complexity index is 1030. The van der Waals surface area contributed by atoms with E-state index in [4.69, 9.17) is 4.74 Å². The van der Waals surface area contributed by atoms with Gasteiger partial charge < -0.3 is 9.29 Å². The number of hydrogen-bond donors (Lipinski definition) is 0. The van der Waals surface area contributed by atoms with E-state index in [0.717, 1.165) is 5.39 Å². The number of rotatable bonds is 0. The molecule has 23 heavy (non-hydrogen) atoms. The highest BCUT2D eigenvalue weighted by atomic mass is 32.2. The Morgan fingerprint density at radius 1 is 1.26 bits per heavy atom. The van der Waals surface area contributed by atoms with Crippen molar-refractivity contribution in [3.63, 3.8) is 0 Å². The molecule has 2 atom stereocenters. The highest BCUT2D eigenvalue weighted by molar-refractivity contribution is 7.30. The van der Waals surface area contributed by atoms with Gasteiger partial charge in [-0.25, -0.2) is 4.99 Å². The molecule has 3 heterocycles. The Hall–Kier alpha value is -2.57. The molecule has 0 saturated heterocycles. The quantitative estimate of drug-likeness (QED) is 0.550. The SMILES string of the molecule is O=C1C=CC2=NC(=O)C3(COc4cc5cc[s+]([O-])c5cc43)C2=C1. The van der Waals surface area contributed by atoms with E-state index >= 15 is 0 Å². The standard InChI is InChI=1S/C17H9NO4S/c19-10-1-2-13-11(6-10)17(16(20)18-13)8-22-14-5-9-3-4-23(21)15(9)7-12(14)17/h1-7H,8H2. The smallest absolute Gasteiger partial charge is 0.265 e. The molecule has 1 aliphatic carbocycles. The van der Waals surface area contributed by atoms with Gasteiger partial charge in [0.2, 0.25) is 0 Å². The topological polar surface area (TPSA) is 78.8 Å². The van der Waals surface area contributed by atoms with Gasteiger partial charge in [0, 0.05) is 28.7 Å². The number of ether oxygens (including phenoxy) is 1. The molecule has 0 N–H and O–H groups in total. The van der Waals surface area contributed by atoms with E-state index < -0.39 is 16.2 Å². The first-order valence-electron chi connectivity index (χ1n) is 7.07. The molecule has 5 nitrogen and oxygen atoms in total. The van der Waals surface area contributed by atoms with E-state index in [0.29, 0.717) is 27.3 Å². The lowest BCUT2D eigenvalue weighted by molar-refractivity contribution is -0.121. The average molecular weight is 323 g/mol. The van der Waals surface area contributed by atoms with E-state index in [1.807, 2.05) is 0 Å². The molecule has 1 aromatic carbocycles. The molecule has 1 aromatic heterocycles. The van der Waals surface area contributed by atoms with Crippen LogP contribution in [0.4, 0.5) is 0 Å². The predicted molar refractivity (Wildman–Crippen MR) is 84.4 cm³/mol. The number of thiophene rings is 1. The summed E-state index contributed by atoms with van der Waals surface area (Å²) in [5.74, 6) is 0.0708. The summed E-state index contributed by atoms with van der Waals surface area (Å²) in [5.41, 5.74) is 0.634. The van der Waals surface area contributed by atoms with Gasteiger partial charge in [0.05, 0.1) is 5.71 Å². The normalized spacial score (nSPS) is 25.5. The molecule has 2 aromatic rings. The lowest BCUT2D eigenvalue weighted by Gasteiger charge is -2.22. The number of carbonyl (C=O) groups excluding carboxylic acids is 2. The number of ketones is 1. The average Bonchev–Trinajstić information content (AvgIpc) is 3.17.